The van der Waals surface area contributed by atoms with Crippen LogP contribution in [0.25, 0.3) is 0 Å². The topological polar surface area (TPSA) is 29.1 Å². The standard InChI is InChI=1S/C8H2BrF6NO/c9-4-5(12)2(10)1-3(11)6(4)16-7(17)8(13,14)15/h1H,(H,16,17). The van der Waals surface area contributed by atoms with E-state index in [0.717, 1.165) is 5.32 Å². The van der Waals surface area contributed by atoms with Gasteiger partial charge in [0.1, 0.15) is 0 Å². The Hall–Kier alpha value is -1.25. The van der Waals surface area contributed by atoms with E-state index in [1.807, 2.05) is 0 Å². The van der Waals surface area contributed by atoms with Crippen molar-refractivity contribution in [3.05, 3.63) is 28.0 Å². The van der Waals surface area contributed by atoms with Gasteiger partial charge in [-0.2, -0.15) is 13.2 Å². The van der Waals surface area contributed by atoms with E-state index in [9.17, 15) is 31.1 Å². The number of halogens is 7. The Morgan fingerprint density at radius 3 is 2.18 bits per heavy atom. The van der Waals surface area contributed by atoms with Crippen molar-refractivity contribution in [1.82, 2.24) is 0 Å². The van der Waals surface area contributed by atoms with E-state index in [2.05, 4.69) is 15.9 Å². The number of benzene rings is 1. The van der Waals surface area contributed by atoms with Gasteiger partial charge >= 0.3 is 12.1 Å². The van der Waals surface area contributed by atoms with E-state index in [-0.39, 0.29) is 6.07 Å². The van der Waals surface area contributed by atoms with Gasteiger partial charge in [0.2, 0.25) is 0 Å². The normalized spacial score (nSPS) is 11.5. The van der Waals surface area contributed by atoms with Crippen LogP contribution in [-0.2, 0) is 4.79 Å². The van der Waals surface area contributed by atoms with Crippen molar-refractivity contribution in [2.24, 2.45) is 0 Å². The quantitative estimate of drug-likeness (QED) is 0.479. The van der Waals surface area contributed by atoms with E-state index >= 15 is 0 Å². The highest BCUT2D eigenvalue weighted by Crippen LogP contribution is 2.31. The molecule has 1 aromatic rings. The molecule has 1 rings (SSSR count). The van der Waals surface area contributed by atoms with E-state index in [0.29, 0.717) is 0 Å². The molecule has 1 aromatic carbocycles. The number of rotatable bonds is 1. The van der Waals surface area contributed by atoms with Crippen LogP contribution in [0.15, 0.2) is 10.5 Å². The zero-order valence-electron chi connectivity index (χ0n) is 7.63. The van der Waals surface area contributed by atoms with Gasteiger partial charge in [-0.1, -0.05) is 0 Å². The summed E-state index contributed by atoms with van der Waals surface area (Å²) in [7, 11) is 0. The first-order chi connectivity index (χ1) is 7.64. The highest BCUT2D eigenvalue weighted by Gasteiger charge is 2.39. The Bertz CT molecular complexity index is 472. The van der Waals surface area contributed by atoms with Gasteiger partial charge in [0.15, 0.2) is 17.5 Å². The predicted molar refractivity (Wildman–Crippen MR) is 48.7 cm³/mol. The summed E-state index contributed by atoms with van der Waals surface area (Å²) in [5, 5.41) is 1.09. The smallest absolute Gasteiger partial charge is 0.315 e. The van der Waals surface area contributed by atoms with E-state index in [1.54, 1.807) is 0 Å². The van der Waals surface area contributed by atoms with Gasteiger partial charge in [0.25, 0.3) is 0 Å². The summed E-state index contributed by atoms with van der Waals surface area (Å²) in [5.41, 5.74) is -1.12. The fourth-order valence-corrected chi connectivity index (χ4v) is 1.34. The van der Waals surface area contributed by atoms with Crippen molar-refractivity contribution >= 4 is 27.5 Å². The first-order valence-electron chi connectivity index (χ1n) is 3.85. The first-order valence-corrected chi connectivity index (χ1v) is 4.65. The second-order valence-electron chi connectivity index (χ2n) is 2.80. The van der Waals surface area contributed by atoms with E-state index < -0.39 is 39.7 Å². The molecule has 0 fully saturated rings. The molecule has 0 atom stereocenters. The second kappa shape index (κ2) is 4.55. The van der Waals surface area contributed by atoms with Crippen LogP contribution in [0.4, 0.5) is 32.0 Å². The maximum atomic E-state index is 13.0. The van der Waals surface area contributed by atoms with Crippen LogP contribution in [0.2, 0.25) is 0 Å². The lowest BCUT2D eigenvalue weighted by Gasteiger charge is -2.11. The molecule has 0 aliphatic heterocycles. The van der Waals surface area contributed by atoms with Crippen LogP contribution in [0, 0.1) is 17.5 Å². The molecule has 0 saturated carbocycles. The summed E-state index contributed by atoms with van der Waals surface area (Å²) in [5.74, 6) is -7.24. The monoisotopic (exact) mass is 321 g/mol. The molecule has 0 radical (unpaired) electrons. The highest BCUT2D eigenvalue weighted by atomic mass is 79.9. The van der Waals surface area contributed by atoms with Gasteiger partial charge in [-0.15, -0.1) is 0 Å². The summed E-state index contributed by atoms with van der Waals surface area (Å²) in [6, 6.07) is 0.0199. The Kier molecular flexibility index (Phi) is 3.70. The van der Waals surface area contributed by atoms with Crippen molar-refractivity contribution in [3.8, 4) is 0 Å². The van der Waals surface area contributed by atoms with Gasteiger partial charge in [-0.25, -0.2) is 13.2 Å². The summed E-state index contributed by atoms with van der Waals surface area (Å²) in [6.45, 7) is 0. The zero-order valence-corrected chi connectivity index (χ0v) is 9.22. The average Bonchev–Trinajstić information content (AvgIpc) is 2.19. The third-order valence-corrected chi connectivity index (χ3v) is 2.35. The lowest BCUT2D eigenvalue weighted by molar-refractivity contribution is -0.167. The van der Waals surface area contributed by atoms with E-state index in [4.69, 9.17) is 0 Å². The van der Waals surface area contributed by atoms with Crippen LogP contribution >= 0.6 is 15.9 Å². The third-order valence-electron chi connectivity index (χ3n) is 1.61. The lowest BCUT2D eigenvalue weighted by atomic mass is 10.2. The van der Waals surface area contributed by atoms with Crippen molar-refractivity contribution < 1.29 is 31.1 Å². The predicted octanol–water partition coefficient (Wildman–Crippen LogP) is 3.37. The molecule has 0 aromatic heterocycles. The zero-order chi connectivity index (χ0) is 13.4. The minimum Gasteiger partial charge on any atom is -0.315 e. The van der Waals surface area contributed by atoms with Crippen molar-refractivity contribution in [1.29, 1.82) is 0 Å². The molecule has 2 nitrogen and oxygen atoms in total. The molecule has 0 aliphatic rings. The van der Waals surface area contributed by atoms with Gasteiger partial charge in [-0.3, -0.25) is 4.79 Å². The van der Waals surface area contributed by atoms with Crippen molar-refractivity contribution in [2.75, 3.05) is 5.32 Å². The van der Waals surface area contributed by atoms with Gasteiger partial charge in [0.05, 0.1) is 10.2 Å². The average molecular weight is 322 g/mol. The van der Waals surface area contributed by atoms with Crippen LogP contribution in [0.3, 0.4) is 0 Å². The molecule has 9 heteroatoms. The molecule has 17 heavy (non-hydrogen) atoms. The molecule has 1 N–H and O–H groups in total. The molecule has 0 heterocycles. The minimum atomic E-state index is -5.27. The third kappa shape index (κ3) is 2.90. The summed E-state index contributed by atoms with van der Waals surface area (Å²) in [6.07, 6.45) is -5.27. The van der Waals surface area contributed by atoms with Crippen LogP contribution in [-0.4, -0.2) is 12.1 Å². The number of hydrogen-bond donors (Lipinski definition) is 1. The Balaban J connectivity index is 3.17. The molecule has 94 valence electrons. The molecule has 0 aliphatic carbocycles. The Morgan fingerprint density at radius 2 is 1.71 bits per heavy atom. The molecule has 0 bridgehead atoms. The number of alkyl halides is 3. The number of amides is 1. The van der Waals surface area contributed by atoms with Crippen molar-refractivity contribution in [3.63, 3.8) is 0 Å². The minimum absolute atomic E-state index is 0.0199. The van der Waals surface area contributed by atoms with Gasteiger partial charge in [-0.05, 0) is 15.9 Å². The molecule has 1 amide bonds. The summed E-state index contributed by atoms with van der Waals surface area (Å²) in [4.78, 5) is 10.5. The van der Waals surface area contributed by atoms with Gasteiger partial charge in [0, 0.05) is 6.07 Å². The number of carbonyl (C=O) groups excluding carboxylic acids is 1. The first kappa shape index (κ1) is 13.8. The number of hydrogen-bond acceptors (Lipinski definition) is 1. The Labute approximate surface area is 98.7 Å². The Morgan fingerprint density at radius 1 is 1.18 bits per heavy atom. The maximum absolute atomic E-state index is 13.0. The van der Waals surface area contributed by atoms with E-state index in [1.165, 1.54) is 0 Å². The molecule has 0 unspecified atom stereocenters. The number of carbonyl (C=O) groups is 1. The molecular formula is C8H2BrF6NO. The van der Waals surface area contributed by atoms with Crippen LogP contribution in [0.5, 0.6) is 0 Å². The maximum Gasteiger partial charge on any atom is 0.471 e. The number of anilines is 1. The van der Waals surface area contributed by atoms with Crippen LogP contribution in [0.1, 0.15) is 0 Å². The van der Waals surface area contributed by atoms with Crippen LogP contribution < -0.4 is 5.32 Å². The van der Waals surface area contributed by atoms with Crippen molar-refractivity contribution in [2.45, 2.75) is 6.18 Å². The SMILES string of the molecule is O=C(Nc1c(F)cc(F)c(F)c1Br)C(F)(F)F. The molecular weight excluding hydrogens is 320 g/mol. The molecule has 0 spiro atoms. The fraction of sp³-hybridized carbons (Fsp3) is 0.125. The number of nitrogens with one attached hydrogen (secondary N) is 1. The molecule has 0 saturated heterocycles. The van der Waals surface area contributed by atoms with Gasteiger partial charge < -0.3 is 5.32 Å². The summed E-state index contributed by atoms with van der Waals surface area (Å²) >= 11 is 2.34. The summed E-state index contributed by atoms with van der Waals surface area (Å²) < 4.78 is 73.2. The highest BCUT2D eigenvalue weighted by molar-refractivity contribution is 9.10. The fourth-order valence-electron chi connectivity index (χ4n) is 0.865. The largest absolute Gasteiger partial charge is 0.471 e. The second-order valence-corrected chi connectivity index (χ2v) is 3.59. The lowest BCUT2D eigenvalue weighted by Crippen LogP contribution is -2.30.